The fraction of sp³-hybridized carbons (Fsp3) is 0.500. The van der Waals surface area contributed by atoms with Crippen LogP contribution in [0.15, 0.2) is 23.2 Å². The normalized spacial score (nSPS) is 13.2. The average molecular weight is 265 g/mol. The van der Waals surface area contributed by atoms with Gasteiger partial charge in [-0.15, -0.1) is 0 Å². The molecule has 0 spiro atoms. The van der Waals surface area contributed by atoms with Crippen LogP contribution in [0.2, 0.25) is 0 Å². The number of nitrogens with two attached hydrogens (primary N) is 1. The summed E-state index contributed by atoms with van der Waals surface area (Å²) in [4.78, 5) is 4.31. The zero-order valence-corrected chi connectivity index (χ0v) is 12.1. The number of benzene rings is 1. The first-order valence-electron chi connectivity index (χ1n) is 6.25. The molecule has 5 heteroatoms. The first-order chi connectivity index (χ1) is 9.05. The fourth-order valence-corrected chi connectivity index (χ4v) is 1.80. The average Bonchev–Trinajstić information content (AvgIpc) is 2.36. The number of hydrogen-bond acceptors (Lipinski definition) is 3. The lowest BCUT2D eigenvalue weighted by Gasteiger charge is -2.13. The summed E-state index contributed by atoms with van der Waals surface area (Å²) in [7, 11) is 3.31. The second-order valence-electron chi connectivity index (χ2n) is 4.56. The number of methoxy groups -OCH3 is 2. The minimum atomic E-state index is 0.140. The van der Waals surface area contributed by atoms with Crippen LogP contribution in [0.4, 0.5) is 0 Å². The third-order valence-corrected chi connectivity index (χ3v) is 2.59. The Hall–Kier alpha value is -1.75. The van der Waals surface area contributed by atoms with E-state index in [1.54, 1.807) is 14.2 Å². The van der Waals surface area contributed by atoms with Gasteiger partial charge in [0.2, 0.25) is 0 Å². The molecule has 0 aliphatic heterocycles. The Bertz CT molecular complexity index is 433. The van der Waals surface area contributed by atoms with E-state index in [0.29, 0.717) is 19.1 Å². The Morgan fingerprint density at radius 2 is 2.11 bits per heavy atom. The lowest BCUT2D eigenvalue weighted by molar-refractivity contribution is 0.179. The molecule has 0 heterocycles. The van der Waals surface area contributed by atoms with Gasteiger partial charge in [-0.2, -0.15) is 0 Å². The Balaban J connectivity index is 2.61. The summed E-state index contributed by atoms with van der Waals surface area (Å²) in [5.74, 6) is 1.26. The molecule has 1 rings (SSSR count). The predicted molar refractivity (Wildman–Crippen MR) is 77.5 cm³/mol. The third-order valence-electron chi connectivity index (χ3n) is 2.59. The highest BCUT2D eigenvalue weighted by molar-refractivity contribution is 5.78. The Morgan fingerprint density at radius 3 is 2.74 bits per heavy atom. The number of nitrogens with zero attached hydrogens (tertiary/aromatic N) is 1. The van der Waals surface area contributed by atoms with E-state index in [1.165, 1.54) is 0 Å². The van der Waals surface area contributed by atoms with Gasteiger partial charge in [-0.3, -0.25) is 0 Å². The largest absolute Gasteiger partial charge is 0.497 e. The van der Waals surface area contributed by atoms with E-state index < -0.39 is 0 Å². The first-order valence-corrected chi connectivity index (χ1v) is 6.25. The number of rotatable bonds is 6. The van der Waals surface area contributed by atoms with Crippen LogP contribution < -0.4 is 15.8 Å². The van der Waals surface area contributed by atoms with E-state index >= 15 is 0 Å². The Morgan fingerprint density at radius 1 is 1.37 bits per heavy atom. The summed E-state index contributed by atoms with van der Waals surface area (Å²) in [5.41, 5.74) is 8.03. The molecule has 0 aliphatic carbocycles. The van der Waals surface area contributed by atoms with Crippen molar-refractivity contribution < 1.29 is 9.47 Å². The molecule has 3 N–H and O–H groups in total. The smallest absolute Gasteiger partial charge is 0.189 e. The van der Waals surface area contributed by atoms with E-state index in [4.69, 9.17) is 15.2 Å². The molecule has 0 amide bonds. The molecule has 0 bridgehead atoms. The van der Waals surface area contributed by atoms with Crippen molar-refractivity contribution in [3.63, 3.8) is 0 Å². The van der Waals surface area contributed by atoms with Crippen LogP contribution in [0.5, 0.6) is 5.75 Å². The fourth-order valence-electron chi connectivity index (χ4n) is 1.80. The zero-order valence-electron chi connectivity index (χ0n) is 12.1. The van der Waals surface area contributed by atoms with Crippen molar-refractivity contribution in [2.24, 2.45) is 10.7 Å². The maximum Gasteiger partial charge on any atom is 0.189 e. The molecule has 1 unspecified atom stereocenters. The topological polar surface area (TPSA) is 68.9 Å². The Labute approximate surface area is 114 Å². The summed E-state index contributed by atoms with van der Waals surface area (Å²) < 4.78 is 10.3. The van der Waals surface area contributed by atoms with Gasteiger partial charge >= 0.3 is 0 Å². The summed E-state index contributed by atoms with van der Waals surface area (Å²) in [6, 6.07) is 6.15. The molecule has 1 atom stereocenters. The van der Waals surface area contributed by atoms with Gasteiger partial charge in [-0.25, -0.2) is 4.99 Å². The van der Waals surface area contributed by atoms with Gasteiger partial charge in [0.25, 0.3) is 0 Å². The van der Waals surface area contributed by atoms with Crippen molar-refractivity contribution in [3.8, 4) is 5.75 Å². The van der Waals surface area contributed by atoms with E-state index in [9.17, 15) is 0 Å². The molecular weight excluding hydrogens is 242 g/mol. The number of ether oxygens (including phenoxy) is 2. The first kappa shape index (κ1) is 15.3. The van der Waals surface area contributed by atoms with E-state index in [0.717, 1.165) is 16.9 Å². The van der Waals surface area contributed by atoms with Gasteiger partial charge in [-0.1, -0.05) is 6.07 Å². The van der Waals surface area contributed by atoms with E-state index in [-0.39, 0.29) is 6.04 Å². The van der Waals surface area contributed by atoms with Crippen LogP contribution in [-0.4, -0.2) is 32.8 Å². The monoisotopic (exact) mass is 265 g/mol. The van der Waals surface area contributed by atoms with Crippen LogP contribution in [-0.2, 0) is 11.3 Å². The lowest BCUT2D eigenvalue weighted by Crippen LogP contribution is -2.40. The van der Waals surface area contributed by atoms with E-state index in [1.807, 2.05) is 26.0 Å². The van der Waals surface area contributed by atoms with Gasteiger partial charge in [0.15, 0.2) is 5.96 Å². The molecule has 0 aliphatic rings. The molecule has 1 aromatic rings. The quantitative estimate of drug-likeness (QED) is 0.603. The van der Waals surface area contributed by atoms with Crippen molar-refractivity contribution in [2.45, 2.75) is 26.4 Å². The summed E-state index contributed by atoms with van der Waals surface area (Å²) in [6.45, 7) is 5.13. The predicted octanol–water partition coefficient (Wildman–Crippen LogP) is 1.44. The second-order valence-corrected chi connectivity index (χ2v) is 4.56. The second kappa shape index (κ2) is 7.63. The highest BCUT2D eigenvalue weighted by Crippen LogP contribution is 2.16. The SMILES string of the molecule is COCC(C)NC(N)=NCc1cc(C)cc(OC)c1. The molecule has 0 saturated heterocycles. The standard InChI is InChI=1S/C14H23N3O2/c1-10-5-12(7-13(6-10)19-4)8-16-14(15)17-11(2)9-18-3/h5-7,11H,8-9H2,1-4H3,(H3,15,16,17). The number of guanidine groups is 1. The third kappa shape index (κ3) is 5.61. The van der Waals surface area contributed by atoms with Crippen molar-refractivity contribution in [3.05, 3.63) is 29.3 Å². The number of aliphatic imine (C=N–C) groups is 1. The van der Waals surface area contributed by atoms with Gasteiger partial charge in [0.1, 0.15) is 5.75 Å². The van der Waals surface area contributed by atoms with Gasteiger partial charge in [-0.05, 0) is 37.1 Å². The Kier molecular flexibility index (Phi) is 6.15. The van der Waals surface area contributed by atoms with Gasteiger partial charge in [0, 0.05) is 13.2 Å². The van der Waals surface area contributed by atoms with Crippen LogP contribution in [0.3, 0.4) is 0 Å². The van der Waals surface area contributed by atoms with E-state index in [2.05, 4.69) is 16.4 Å². The van der Waals surface area contributed by atoms with Crippen LogP contribution in [0.25, 0.3) is 0 Å². The molecule has 106 valence electrons. The summed E-state index contributed by atoms with van der Waals surface area (Å²) >= 11 is 0. The van der Waals surface area contributed by atoms with Crippen molar-refractivity contribution >= 4 is 5.96 Å². The van der Waals surface area contributed by atoms with Crippen molar-refractivity contribution in [1.29, 1.82) is 0 Å². The van der Waals surface area contributed by atoms with Crippen LogP contribution in [0.1, 0.15) is 18.1 Å². The number of aryl methyl sites for hydroxylation is 1. The highest BCUT2D eigenvalue weighted by atomic mass is 16.5. The molecule has 0 aromatic heterocycles. The summed E-state index contributed by atoms with van der Waals surface area (Å²) in [6.07, 6.45) is 0. The summed E-state index contributed by atoms with van der Waals surface area (Å²) in [5, 5.41) is 3.07. The number of nitrogens with one attached hydrogen (secondary N) is 1. The van der Waals surface area contributed by atoms with Crippen molar-refractivity contribution in [1.82, 2.24) is 5.32 Å². The van der Waals surface area contributed by atoms with Gasteiger partial charge < -0.3 is 20.5 Å². The maximum atomic E-state index is 5.81. The van der Waals surface area contributed by atoms with Crippen LogP contribution >= 0.6 is 0 Å². The lowest BCUT2D eigenvalue weighted by atomic mass is 10.1. The van der Waals surface area contributed by atoms with Crippen LogP contribution in [0, 0.1) is 6.92 Å². The van der Waals surface area contributed by atoms with Crippen molar-refractivity contribution in [2.75, 3.05) is 20.8 Å². The number of hydrogen-bond donors (Lipinski definition) is 2. The molecule has 1 aromatic carbocycles. The minimum Gasteiger partial charge on any atom is -0.497 e. The zero-order chi connectivity index (χ0) is 14.3. The maximum absolute atomic E-state index is 5.81. The minimum absolute atomic E-state index is 0.140. The molecule has 0 fully saturated rings. The molecule has 19 heavy (non-hydrogen) atoms. The highest BCUT2D eigenvalue weighted by Gasteiger charge is 2.02. The molecule has 0 radical (unpaired) electrons. The van der Waals surface area contributed by atoms with Gasteiger partial charge in [0.05, 0.1) is 20.3 Å². The molecular formula is C14H23N3O2. The molecule has 0 saturated carbocycles. The molecule has 5 nitrogen and oxygen atoms in total.